The summed E-state index contributed by atoms with van der Waals surface area (Å²) in [5.74, 6) is -0.336. The molecule has 3 rings (SSSR count). The standard InChI is InChI=1S/C14H19N7O2/c15-7-13(22)20-8-11(6-12(20)21-17-9-16-19-21)18-14(23)10-4-2-1-3-5-10/h1-5,9,11-12,19H,6-8,15H2,(H,16,17)(H,18,23)/t11-,12+/m1/s1. The summed E-state index contributed by atoms with van der Waals surface area (Å²) in [5.41, 5.74) is 11.7. The number of nitrogens with zero attached hydrogens (tertiary/aromatic N) is 3. The van der Waals surface area contributed by atoms with Gasteiger partial charge in [-0.25, -0.2) is 5.53 Å². The average Bonchev–Trinajstić information content (AvgIpc) is 3.24. The normalized spacial score (nSPS) is 23.4. The number of carbonyl (C=O) groups excluding carboxylic acids is 2. The Morgan fingerprint density at radius 2 is 2.13 bits per heavy atom. The van der Waals surface area contributed by atoms with Crippen molar-refractivity contribution in [2.75, 3.05) is 13.1 Å². The molecule has 1 aromatic rings. The molecular weight excluding hydrogens is 298 g/mol. The third-order valence-electron chi connectivity index (χ3n) is 3.86. The largest absolute Gasteiger partial charge is 0.347 e. The minimum atomic E-state index is -0.283. The fourth-order valence-corrected chi connectivity index (χ4v) is 2.77. The third kappa shape index (κ3) is 3.25. The summed E-state index contributed by atoms with van der Waals surface area (Å²) in [6.45, 7) is 0.323. The molecule has 9 nitrogen and oxygen atoms in total. The zero-order valence-corrected chi connectivity index (χ0v) is 12.5. The third-order valence-corrected chi connectivity index (χ3v) is 3.86. The van der Waals surface area contributed by atoms with Crippen molar-refractivity contribution in [2.45, 2.75) is 18.6 Å². The van der Waals surface area contributed by atoms with Gasteiger partial charge < -0.3 is 16.0 Å². The van der Waals surface area contributed by atoms with Crippen molar-refractivity contribution in [3.05, 3.63) is 35.9 Å². The minimum Gasteiger partial charge on any atom is -0.347 e. The van der Waals surface area contributed by atoms with E-state index < -0.39 is 0 Å². The highest BCUT2D eigenvalue weighted by Gasteiger charge is 2.40. The number of hydrazone groups is 1. The lowest BCUT2D eigenvalue weighted by Gasteiger charge is -2.30. The first kappa shape index (κ1) is 15.3. The van der Waals surface area contributed by atoms with Crippen LogP contribution in [-0.4, -0.2) is 53.5 Å². The lowest BCUT2D eigenvalue weighted by Crippen LogP contribution is -2.55. The van der Waals surface area contributed by atoms with Crippen LogP contribution in [0.2, 0.25) is 0 Å². The maximum atomic E-state index is 12.3. The molecule has 0 bridgehead atoms. The fourth-order valence-electron chi connectivity index (χ4n) is 2.77. The second kappa shape index (κ2) is 6.63. The van der Waals surface area contributed by atoms with Crippen LogP contribution in [0.1, 0.15) is 16.8 Å². The van der Waals surface area contributed by atoms with Crippen molar-refractivity contribution >= 4 is 18.2 Å². The molecule has 2 aliphatic heterocycles. The quantitative estimate of drug-likeness (QED) is 0.541. The zero-order valence-electron chi connectivity index (χ0n) is 12.5. The number of hydrazine groups is 2. The van der Waals surface area contributed by atoms with Gasteiger partial charge in [0.15, 0.2) is 0 Å². The number of nitrogens with one attached hydrogen (secondary N) is 3. The van der Waals surface area contributed by atoms with Crippen LogP contribution in [0.4, 0.5) is 0 Å². The molecule has 0 saturated carbocycles. The summed E-state index contributed by atoms with van der Waals surface area (Å²) in [6, 6.07) is 8.82. The van der Waals surface area contributed by atoms with Crippen molar-refractivity contribution in [1.82, 2.24) is 26.3 Å². The smallest absolute Gasteiger partial charge is 0.251 e. The summed E-state index contributed by atoms with van der Waals surface area (Å²) in [5, 5.41) is 8.42. The predicted octanol–water partition coefficient (Wildman–Crippen LogP) is -1.43. The number of nitrogens with two attached hydrogens (primary N) is 1. The summed E-state index contributed by atoms with van der Waals surface area (Å²) in [4.78, 5) is 25.9. The molecule has 0 unspecified atom stereocenters. The second-order valence-electron chi connectivity index (χ2n) is 5.36. The van der Waals surface area contributed by atoms with Crippen molar-refractivity contribution in [3.63, 3.8) is 0 Å². The van der Waals surface area contributed by atoms with Gasteiger partial charge in [-0.3, -0.25) is 15.0 Å². The molecule has 0 spiro atoms. The number of carbonyl (C=O) groups is 2. The van der Waals surface area contributed by atoms with Gasteiger partial charge in [0.1, 0.15) is 12.5 Å². The monoisotopic (exact) mass is 317 g/mol. The summed E-state index contributed by atoms with van der Waals surface area (Å²) in [7, 11) is 0. The van der Waals surface area contributed by atoms with Gasteiger partial charge in [0, 0.05) is 18.5 Å². The van der Waals surface area contributed by atoms with E-state index in [1.165, 1.54) is 6.34 Å². The van der Waals surface area contributed by atoms with Gasteiger partial charge in [0.2, 0.25) is 5.91 Å². The topological polar surface area (TPSA) is 115 Å². The fraction of sp³-hybridized carbons (Fsp3) is 0.357. The molecule has 0 aromatic heterocycles. The lowest BCUT2D eigenvalue weighted by atomic mass is 10.2. The molecule has 2 aliphatic rings. The van der Waals surface area contributed by atoms with Gasteiger partial charge in [-0.05, 0) is 12.1 Å². The second-order valence-corrected chi connectivity index (χ2v) is 5.36. The molecule has 1 saturated heterocycles. The van der Waals surface area contributed by atoms with Crippen LogP contribution in [0, 0.1) is 0 Å². The van der Waals surface area contributed by atoms with Gasteiger partial charge in [-0.15, -0.1) is 0 Å². The molecule has 9 heteroatoms. The van der Waals surface area contributed by atoms with Crippen LogP contribution >= 0.6 is 0 Å². The maximum absolute atomic E-state index is 12.3. The Labute approximate surface area is 133 Å². The molecule has 122 valence electrons. The molecule has 1 fully saturated rings. The number of hydrogen-bond acceptors (Lipinski definition) is 7. The first-order valence-electron chi connectivity index (χ1n) is 7.37. The van der Waals surface area contributed by atoms with Crippen molar-refractivity contribution < 1.29 is 9.59 Å². The van der Waals surface area contributed by atoms with Gasteiger partial charge >= 0.3 is 0 Å². The van der Waals surface area contributed by atoms with Crippen molar-refractivity contribution in [1.29, 1.82) is 0 Å². The van der Waals surface area contributed by atoms with Crippen LogP contribution in [-0.2, 0) is 4.79 Å². The van der Waals surface area contributed by atoms with E-state index in [0.717, 1.165) is 0 Å². The Bertz CT molecular complexity index is 598. The minimum absolute atomic E-state index is 0.0788. The Hall–Kier alpha value is -2.65. The lowest BCUT2D eigenvalue weighted by molar-refractivity contribution is -0.135. The number of rotatable bonds is 4. The average molecular weight is 317 g/mol. The van der Waals surface area contributed by atoms with Gasteiger partial charge in [-0.1, -0.05) is 23.3 Å². The maximum Gasteiger partial charge on any atom is 0.251 e. The van der Waals surface area contributed by atoms with Crippen LogP contribution < -0.4 is 22.0 Å². The van der Waals surface area contributed by atoms with E-state index in [-0.39, 0.29) is 30.6 Å². The van der Waals surface area contributed by atoms with Gasteiger partial charge in [0.25, 0.3) is 5.91 Å². The number of likely N-dealkylation sites (tertiary alicyclic amines) is 1. The molecule has 2 heterocycles. The molecule has 2 atom stereocenters. The van der Waals surface area contributed by atoms with E-state index in [9.17, 15) is 9.59 Å². The van der Waals surface area contributed by atoms with E-state index in [0.29, 0.717) is 18.5 Å². The van der Waals surface area contributed by atoms with Gasteiger partial charge in [-0.2, -0.15) is 5.10 Å². The Balaban J connectivity index is 1.67. The molecule has 0 radical (unpaired) electrons. The van der Waals surface area contributed by atoms with E-state index in [1.807, 2.05) is 18.2 Å². The van der Waals surface area contributed by atoms with Crippen LogP contribution in [0.3, 0.4) is 0 Å². The van der Waals surface area contributed by atoms with E-state index >= 15 is 0 Å². The molecule has 0 aliphatic carbocycles. The van der Waals surface area contributed by atoms with Crippen LogP contribution in [0.5, 0.6) is 0 Å². The first-order chi connectivity index (χ1) is 11.2. The predicted molar refractivity (Wildman–Crippen MR) is 83.5 cm³/mol. The van der Waals surface area contributed by atoms with Crippen LogP contribution in [0.25, 0.3) is 0 Å². The van der Waals surface area contributed by atoms with Gasteiger partial charge in [0.05, 0.1) is 12.6 Å². The molecule has 23 heavy (non-hydrogen) atoms. The molecule has 5 N–H and O–H groups in total. The highest BCUT2D eigenvalue weighted by Crippen LogP contribution is 2.20. The van der Waals surface area contributed by atoms with Crippen molar-refractivity contribution in [3.8, 4) is 0 Å². The SMILES string of the molecule is NCC(=O)N1C[C@H](NC(=O)c2ccccc2)C[C@@H]1N1NC=NN1. The molecular formula is C14H19N7O2. The molecule has 2 amide bonds. The first-order valence-corrected chi connectivity index (χ1v) is 7.37. The number of amides is 2. The number of hydrogen-bond donors (Lipinski definition) is 4. The summed E-state index contributed by atoms with van der Waals surface area (Å²) in [6.07, 6.45) is 1.77. The Morgan fingerprint density at radius 1 is 1.35 bits per heavy atom. The van der Waals surface area contributed by atoms with Crippen LogP contribution in [0.15, 0.2) is 35.4 Å². The summed E-state index contributed by atoms with van der Waals surface area (Å²) < 4.78 is 0. The number of benzene rings is 1. The highest BCUT2D eigenvalue weighted by atomic mass is 16.2. The highest BCUT2D eigenvalue weighted by molar-refractivity contribution is 5.94. The van der Waals surface area contributed by atoms with Crippen molar-refractivity contribution in [2.24, 2.45) is 10.8 Å². The Morgan fingerprint density at radius 3 is 2.78 bits per heavy atom. The molecule has 1 aromatic carbocycles. The summed E-state index contributed by atoms with van der Waals surface area (Å²) >= 11 is 0. The van der Waals surface area contributed by atoms with E-state index in [4.69, 9.17) is 5.73 Å². The Kier molecular flexibility index (Phi) is 4.40. The van der Waals surface area contributed by atoms with E-state index in [1.54, 1.807) is 22.2 Å². The van der Waals surface area contributed by atoms with E-state index in [2.05, 4.69) is 21.4 Å². The zero-order chi connectivity index (χ0) is 16.2.